The van der Waals surface area contributed by atoms with Crippen molar-refractivity contribution in [1.82, 2.24) is 10.3 Å². The molecule has 2 aromatic rings. The smallest absolute Gasteiger partial charge is 0.151 e. The third-order valence-corrected chi connectivity index (χ3v) is 7.16. The van der Waals surface area contributed by atoms with Crippen molar-refractivity contribution in [2.24, 2.45) is 11.8 Å². The standard InChI is InChI=1S/C14H10Cl4N2O.C10H21NO/c1-7(10-3-9(15)4-11(16)13(10)18)20-14-12(17)2-8(6-21)5-19-14;1-11-8-10-4-2-9(3-5-10)6-7-12/h2-7H,1H3,(H,19,20);9-12H,2-8H2,1H3/t7-;/m0./s1. The number of rotatable bonds is 8. The summed E-state index contributed by atoms with van der Waals surface area (Å²) < 4.78 is 0. The van der Waals surface area contributed by atoms with Crippen molar-refractivity contribution in [3.8, 4) is 0 Å². The molecule has 0 bridgehead atoms. The summed E-state index contributed by atoms with van der Waals surface area (Å²) in [5.74, 6) is 2.15. The van der Waals surface area contributed by atoms with Gasteiger partial charge in [-0.05, 0) is 75.4 Å². The van der Waals surface area contributed by atoms with E-state index >= 15 is 0 Å². The van der Waals surface area contributed by atoms with Crippen molar-refractivity contribution in [2.45, 2.75) is 45.1 Å². The lowest BCUT2D eigenvalue weighted by Gasteiger charge is -2.27. The Morgan fingerprint density at radius 3 is 2.33 bits per heavy atom. The van der Waals surface area contributed by atoms with E-state index in [0.29, 0.717) is 44.4 Å². The van der Waals surface area contributed by atoms with E-state index in [1.807, 2.05) is 14.0 Å². The third kappa shape index (κ3) is 8.89. The highest BCUT2D eigenvalue weighted by molar-refractivity contribution is 6.43. The summed E-state index contributed by atoms with van der Waals surface area (Å²) in [6, 6.07) is 4.61. The summed E-state index contributed by atoms with van der Waals surface area (Å²) in [6.45, 7) is 3.42. The van der Waals surface area contributed by atoms with Crippen molar-refractivity contribution in [1.29, 1.82) is 0 Å². The van der Waals surface area contributed by atoms with Gasteiger partial charge in [0.25, 0.3) is 0 Å². The summed E-state index contributed by atoms with van der Waals surface area (Å²) >= 11 is 24.3. The van der Waals surface area contributed by atoms with Crippen molar-refractivity contribution in [3.05, 3.63) is 55.6 Å². The predicted molar refractivity (Wildman–Crippen MR) is 139 cm³/mol. The highest BCUT2D eigenvalue weighted by Crippen LogP contribution is 2.35. The monoisotopic (exact) mass is 533 g/mol. The zero-order valence-electron chi connectivity index (χ0n) is 18.9. The first-order valence-electron chi connectivity index (χ1n) is 11.1. The number of halogens is 4. The Bertz CT molecular complexity index is 892. The molecular weight excluding hydrogens is 504 g/mol. The van der Waals surface area contributed by atoms with E-state index < -0.39 is 0 Å². The number of hydrogen-bond donors (Lipinski definition) is 3. The van der Waals surface area contributed by atoms with Crippen LogP contribution in [0.1, 0.15) is 61.0 Å². The molecule has 33 heavy (non-hydrogen) atoms. The van der Waals surface area contributed by atoms with Gasteiger partial charge in [-0.2, -0.15) is 0 Å². The van der Waals surface area contributed by atoms with Crippen molar-refractivity contribution in [3.63, 3.8) is 0 Å². The second-order valence-electron chi connectivity index (χ2n) is 8.33. The summed E-state index contributed by atoms with van der Waals surface area (Å²) in [6.07, 6.45) is 8.49. The van der Waals surface area contributed by atoms with Gasteiger partial charge in [-0.3, -0.25) is 4.79 Å². The number of benzene rings is 1. The lowest BCUT2D eigenvalue weighted by molar-refractivity contribution is 0.112. The van der Waals surface area contributed by atoms with Crippen LogP contribution < -0.4 is 10.6 Å². The van der Waals surface area contributed by atoms with Crippen molar-refractivity contribution in [2.75, 3.05) is 25.5 Å². The van der Waals surface area contributed by atoms with E-state index in [-0.39, 0.29) is 6.04 Å². The van der Waals surface area contributed by atoms with Crippen LogP contribution in [0, 0.1) is 11.8 Å². The molecule has 9 heteroatoms. The van der Waals surface area contributed by atoms with Crippen LogP contribution in [0.4, 0.5) is 5.82 Å². The number of aliphatic hydroxyl groups excluding tert-OH is 1. The van der Waals surface area contributed by atoms with Gasteiger partial charge >= 0.3 is 0 Å². The minimum absolute atomic E-state index is 0.221. The first-order chi connectivity index (χ1) is 15.8. The van der Waals surface area contributed by atoms with Gasteiger partial charge in [0.2, 0.25) is 0 Å². The van der Waals surface area contributed by atoms with Gasteiger partial charge in [-0.25, -0.2) is 4.98 Å². The average molecular weight is 535 g/mol. The summed E-state index contributed by atoms with van der Waals surface area (Å²) in [7, 11) is 2.03. The first-order valence-corrected chi connectivity index (χ1v) is 12.6. The molecule has 1 aromatic carbocycles. The molecule has 0 saturated heterocycles. The Hall–Kier alpha value is -1.08. The van der Waals surface area contributed by atoms with Crippen LogP contribution in [0.15, 0.2) is 24.4 Å². The van der Waals surface area contributed by atoms with Crippen LogP contribution in [-0.2, 0) is 0 Å². The fraction of sp³-hybridized carbons (Fsp3) is 0.500. The normalized spacial score (nSPS) is 18.8. The predicted octanol–water partition coefficient (Wildman–Crippen LogP) is 7.08. The van der Waals surface area contributed by atoms with E-state index in [2.05, 4.69) is 15.6 Å². The van der Waals surface area contributed by atoms with Gasteiger partial charge in [0, 0.05) is 23.4 Å². The van der Waals surface area contributed by atoms with Gasteiger partial charge < -0.3 is 15.7 Å². The molecule has 3 N–H and O–H groups in total. The Morgan fingerprint density at radius 2 is 1.76 bits per heavy atom. The van der Waals surface area contributed by atoms with Crippen LogP contribution >= 0.6 is 46.4 Å². The highest BCUT2D eigenvalue weighted by atomic mass is 35.5. The number of carbonyl (C=O) groups excluding carboxylic acids is 1. The lowest BCUT2D eigenvalue weighted by atomic mass is 9.81. The Labute approximate surface area is 216 Å². The Kier molecular flexibility index (Phi) is 12.2. The number of nitrogens with one attached hydrogen (secondary N) is 2. The molecule has 0 spiro atoms. The zero-order chi connectivity index (χ0) is 24.4. The molecule has 1 saturated carbocycles. The van der Waals surface area contributed by atoms with E-state index in [1.165, 1.54) is 44.5 Å². The summed E-state index contributed by atoms with van der Waals surface area (Å²) in [4.78, 5) is 14.8. The number of aromatic nitrogens is 1. The number of carbonyl (C=O) groups is 1. The quantitative estimate of drug-likeness (QED) is 0.249. The number of pyridine rings is 1. The first kappa shape index (κ1) is 28.2. The van der Waals surface area contributed by atoms with Crippen LogP contribution in [0.5, 0.6) is 0 Å². The highest BCUT2D eigenvalue weighted by Gasteiger charge is 2.19. The number of aliphatic hydroxyl groups is 1. The minimum atomic E-state index is -0.221. The fourth-order valence-corrected chi connectivity index (χ4v) is 5.00. The molecule has 0 radical (unpaired) electrons. The van der Waals surface area contributed by atoms with Gasteiger partial charge in [-0.15, -0.1) is 0 Å². The molecule has 1 fully saturated rings. The largest absolute Gasteiger partial charge is 0.396 e. The molecular formula is C24H31Cl4N3O2. The summed E-state index contributed by atoms with van der Waals surface area (Å²) in [5, 5.41) is 16.8. The average Bonchev–Trinajstić information content (AvgIpc) is 2.79. The van der Waals surface area contributed by atoms with E-state index in [1.54, 1.807) is 12.1 Å². The SMILES string of the molecule is CNCC1CCC(CCO)CC1.C[C@H](Nc1ncc(C=O)cc1Cl)c1cc(Cl)cc(Cl)c1Cl. The third-order valence-electron chi connectivity index (χ3n) is 5.84. The van der Waals surface area contributed by atoms with Crippen LogP contribution in [0.2, 0.25) is 20.1 Å². The zero-order valence-corrected chi connectivity index (χ0v) is 21.9. The van der Waals surface area contributed by atoms with Crippen LogP contribution in [-0.4, -0.2) is 36.6 Å². The maximum absolute atomic E-state index is 10.7. The number of aldehydes is 1. The number of hydrogen-bond acceptors (Lipinski definition) is 5. The second kappa shape index (κ2) is 14.3. The van der Waals surface area contributed by atoms with Gasteiger partial charge in [-0.1, -0.05) is 59.2 Å². The van der Waals surface area contributed by atoms with E-state index in [0.717, 1.165) is 23.8 Å². The molecule has 0 aliphatic heterocycles. The molecule has 182 valence electrons. The summed E-state index contributed by atoms with van der Waals surface area (Å²) in [5.41, 5.74) is 1.13. The van der Waals surface area contributed by atoms with Crippen LogP contribution in [0.25, 0.3) is 0 Å². The van der Waals surface area contributed by atoms with Crippen LogP contribution in [0.3, 0.4) is 0 Å². The molecule has 1 aliphatic carbocycles. The number of nitrogens with zero attached hydrogens (tertiary/aromatic N) is 1. The van der Waals surface area contributed by atoms with Gasteiger partial charge in [0.05, 0.1) is 21.1 Å². The van der Waals surface area contributed by atoms with Crippen molar-refractivity contribution < 1.29 is 9.90 Å². The molecule has 0 amide bonds. The Morgan fingerprint density at radius 1 is 1.09 bits per heavy atom. The second-order valence-corrected chi connectivity index (χ2v) is 9.96. The maximum atomic E-state index is 10.7. The minimum Gasteiger partial charge on any atom is -0.396 e. The Balaban J connectivity index is 0.000000273. The fourth-order valence-electron chi connectivity index (χ4n) is 3.99. The van der Waals surface area contributed by atoms with E-state index in [4.69, 9.17) is 51.5 Å². The number of anilines is 1. The topological polar surface area (TPSA) is 74.2 Å². The molecule has 3 rings (SSSR count). The van der Waals surface area contributed by atoms with Gasteiger partial charge in [0.1, 0.15) is 5.82 Å². The molecule has 1 aliphatic rings. The van der Waals surface area contributed by atoms with Crippen molar-refractivity contribution >= 4 is 58.5 Å². The molecule has 1 heterocycles. The maximum Gasteiger partial charge on any atom is 0.151 e. The lowest BCUT2D eigenvalue weighted by Crippen LogP contribution is -2.24. The molecule has 1 aromatic heterocycles. The van der Waals surface area contributed by atoms with E-state index in [9.17, 15) is 4.79 Å². The van der Waals surface area contributed by atoms with Gasteiger partial charge in [0.15, 0.2) is 6.29 Å². The molecule has 0 unspecified atom stereocenters. The molecule has 5 nitrogen and oxygen atoms in total. The molecule has 1 atom stereocenters.